The minimum absolute atomic E-state index is 0.798. The molecule has 2 heterocycles. The maximum atomic E-state index is 4.55. The van der Waals surface area contributed by atoms with E-state index in [9.17, 15) is 0 Å². The van der Waals surface area contributed by atoms with E-state index in [0.717, 1.165) is 18.9 Å². The van der Waals surface area contributed by atoms with Gasteiger partial charge in [0.1, 0.15) is 0 Å². The van der Waals surface area contributed by atoms with Crippen LogP contribution in [-0.2, 0) is 13.0 Å². The summed E-state index contributed by atoms with van der Waals surface area (Å²) in [4.78, 5) is 7.12. The molecule has 0 amide bonds. The number of aromatic nitrogens is 1. The number of benzene rings is 1. The van der Waals surface area contributed by atoms with Crippen molar-refractivity contribution in [2.45, 2.75) is 32.7 Å². The third-order valence-electron chi connectivity index (χ3n) is 4.43. The molecule has 2 heteroatoms. The first kappa shape index (κ1) is 14.3. The SMILES string of the molecule is Cc1ccc(CC2CCN(Cc3ccccc3)CC2)nc1. The molecular weight excluding hydrogens is 256 g/mol. The molecule has 2 nitrogen and oxygen atoms in total. The Labute approximate surface area is 127 Å². The molecule has 0 radical (unpaired) electrons. The van der Waals surface area contributed by atoms with Crippen molar-refractivity contribution in [3.05, 3.63) is 65.5 Å². The molecule has 1 aliphatic rings. The second-order valence-corrected chi connectivity index (χ2v) is 6.24. The summed E-state index contributed by atoms with van der Waals surface area (Å²) < 4.78 is 0. The average molecular weight is 280 g/mol. The van der Waals surface area contributed by atoms with Gasteiger partial charge < -0.3 is 0 Å². The Kier molecular flexibility index (Phi) is 4.66. The summed E-state index contributed by atoms with van der Waals surface area (Å²) in [5.41, 5.74) is 3.93. The van der Waals surface area contributed by atoms with Crippen LogP contribution in [-0.4, -0.2) is 23.0 Å². The van der Waals surface area contributed by atoms with Crippen LogP contribution in [0.15, 0.2) is 48.7 Å². The van der Waals surface area contributed by atoms with Gasteiger partial charge in [0, 0.05) is 18.4 Å². The van der Waals surface area contributed by atoms with Gasteiger partial charge in [-0.25, -0.2) is 0 Å². The van der Waals surface area contributed by atoms with Crippen LogP contribution in [0, 0.1) is 12.8 Å². The summed E-state index contributed by atoms with van der Waals surface area (Å²) in [5, 5.41) is 0. The number of hydrogen-bond donors (Lipinski definition) is 0. The zero-order valence-corrected chi connectivity index (χ0v) is 12.8. The summed E-state index contributed by atoms with van der Waals surface area (Å²) in [6.07, 6.45) is 5.71. The summed E-state index contributed by atoms with van der Waals surface area (Å²) >= 11 is 0. The third kappa shape index (κ3) is 4.15. The van der Waals surface area contributed by atoms with Crippen molar-refractivity contribution in [1.82, 2.24) is 9.88 Å². The van der Waals surface area contributed by atoms with E-state index in [0.29, 0.717) is 0 Å². The molecule has 0 unspecified atom stereocenters. The Bertz CT molecular complexity index is 540. The lowest BCUT2D eigenvalue weighted by Gasteiger charge is -2.31. The molecular formula is C19H24N2. The molecule has 1 aromatic heterocycles. The molecule has 21 heavy (non-hydrogen) atoms. The van der Waals surface area contributed by atoms with Gasteiger partial charge in [-0.1, -0.05) is 36.4 Å². The fraction of sp³-hybridized carbons (Fsp3) is 0.421. The van der Waals surface area contributed by atoms with E-state index in [4.69, 9.17) is 0 Å². The standard InChI is InChI=1S/C19H24N2/c1-16-7-8-19(20-14-16)13-17-9-11-21(12-10-17)15-18-5-3-2-4-6-18/h2-8,14,17H,9-13,15H2,1H3. The first-order chi connectivity index (χ1) is 10.3. The lowest BCUT2D eigenvalue weighted by atomic mass is 9.91. The smallest absolute Gasteiger partial charge is 0.0406 e. The summed E-state index contributed by atoms with van der Waals surface area (Å²) in [5.74, 6) is 0.798. The lowest BCUT2D eigenvalue weighted by Crippen LogP contribution is -2.33. The first-order valence-electron chi connectivity index (χ1n) is 7.97. The van der Waals surface area contributed by atoms with E-state index in [1.807, 2.05) is 6.20 Å². The average Bonchev–Trinajstić information content (AvgIpc) is 2.53. The third-order valence-corrected chi connectivity index (χ3v) is 4.43. The molecule has 1 aliphatic heterocycles. The van der Waals surface area contributed by atoms with Crippen LogP contribution in [0.2, 0.25) is 0 Å². The van der Waals surface area contributed by atoms with Crippen LogP contribution in [0.3, 0.4) is 0 Å². The molecule has 0 saturated carbocycles. The van der Waals surface area contributed by atoms with E-state index in [1.165, 1.54) is 42.8 Å². The van der Waals surface area contributed by atoms with Gasteiger partial charge in [0.2, 0.25) is 0 Å². The summed E-state index contributed by atoms with van der Waals surface area (Å²) in [7, 11) is 0. The van der Waals surface area contributed by atoms with E-state index in [1.54, 1.807) is 0 Å². The molecule has 0 spiro atoms. The fourth-order valence-electron chi connectivity index (χ4n) is 3.11. The van der Waals surface area contributed by atoms with Crippen molar-refractivity contribution in [2.75, 3.05) is 13.1 Å². The maximum absolute atomic E-state index is 4.55. The normalized spacial score (nSPS) is 17.0. The van der Waals surface area contributed by atoms with Gasteiger partial charge in [0.05, 0.1) is 0 Å². The highest BCUT2D eigenvalue weighted by Crippen LogP contribution is 2.22. The minimum Gasteiger partial charge on any atom is -0.299 e. The Morgan fingerprint density at radius 2 is 1.81 bits per heavy atom. The van der Waals surface area contributed by atoms with Crippen molar-refractivity contribution >= 4 is 0 Å². The van der Waals surface area contributed by atoms with Gasteiger partial charge in [-0.05, 0) is 62.4 Å². The minimum atomic E-state index is 0.798. The largest absolute Gasteiger partial charge is 0.299 e. The number of aryl methyl sites for hydroxylation is 1. The molecule has 1 saturated heterocycles. The summed E-state index contributed by atoms with van der Waals surface area (Å²) in [6, 6.07) is 15.2. The van der Waals surface area contributed by atoms with Gasteiger partial charge >= 0.3 is 0 Å². The van der Waals surface area contributed by atoms with Crippen LogP contribution < -0.4 is 0 Å². The van der Waals surface area contributed by atoms with Crippen molar-refractivity contribution < 1.29 is 0 Å². The van der Waals surface area contributed by atoms with E-state index in [-0.39, 0.29) is 0 Å². The zero-order chi connectivity index (χ0) is 14.5. The Hall–Kier alpha value is -1.67. The lowest BCUT2D eigenvalue weighted by molar-refractivity contribution is 0.176. The molecule has 0 atom stereocenters. The van der Waals surface area contributed by atoms with Crippen LogP contribution >= 0.6 is 0 Å². The predicted octanol–water partition coefficient (Wildman–Crippen LogP) is 3.84. The second-order valence-electron chi connectivity index (χ2n) is 6.24. The Balaban J connectivity index is 1.47. The highest BCUT2D eigenvalue weighted by molar-refractivity contribution is 5.15. The van der Waals surface area contributed by atoms with Gasteiger partial charge in [-0.3, -0.25) is 9.88 Å². The maximum Gasteiger partial charge on any atom is 0.0406 e. The molecule has 110 valence electrons. The van der Waals surface area contributed by atoms with Crippen molar-refractivity contribution in [3.8, 4) is 0 Å². The Morgan fingerprint density at radius 1 is 1.05 bits per heavy atom. The van der Waals surface area contributed by atoms with Crippen molar-refractivity contribution in [2.24, 2.45) is 5.92 Å². The monoisotopic (exact) mass is 280 g/mol. The van der Waals surface area contributed by atoms with Gasteiger partial charge in [0.15, 0.2) is 0 Å². The molecule has 0 bridgehead atoms. The number of piperidine rings is 1. The molecule has 0 N–H and O–H groups in total. The van der Waals surface area contributed by atoms with Crippen LogP contribution in [0.5, 0.6) is 0 Å². The highest BCUT2D eigenvalue weighted by Gasteiger charge is 2.19. The van der Waals surface area contributed by atoms with E-state index in [2.05, 4.69) is 59.3 Å². The number of rotatable bonds is 4. The topological polar surface area (TPSA) is 16.1 Å². The van der Waals surface area contributed by atoms with Crippen molar-refractivity contribution in [3.63, 3.8) is 0 Å². The second kappa shape index (κ2) is 6.86. The van der Waals surface area contributed by atoms with Gasteiger partial charge in [-0.15, -0.1) is 0 Å². The van der Waals surface area contributed by atoms with E-state index >= 15 is 0 Å². The predicted molar refractivity (Wildman–Crippen MR) is 87.1 cm³/mol. The number of nitrogens with zero attached hydrogens (tertiary/aromatic N) is 2. The van der Waals surface area contributed by atoms with Gasteiger partial charge in [-0.2, -0.15) is 0 Å². The molecule has 1 aromatic carbocycles. The quantitative estimate of drug-likeness (QED) is 0.846. The van der Waals surface area contributed by atoms with Crippen LogP contribution in [0.25, 0.3) is 0 Å². The molecule has 1 fully saturated rings. The van der Waals surface area contributed by atoms with Crippen LogP contribution in [0.4, 0.5) is 0 Å². The first-order valence-corrected chi connectivity index (χ1v) is 7.97. The summed E-state index contributed by atoms with van der Waals surface area (Å²) in [6.45, 7) is 5.62. The van der Waals surface area contributed by atoms with Crippen LogP contribution in [0.1, 0.15) is 29.7 Å². The van der Waals surface area contributed by atoms with E-state index < -0.39 is 0 Å². The fourth-order valence-corrected chi connectivity index (χ4v) is 3.11. The number of hydrogen-bond acceptors (Lipinski definition) is 2. The highest BCUT2D eigenvalue weighted by atomic mass is 15.1. The molecule has 0 aliphatic carbocycles. The van der Waals surface area contributed by atoms with Gasteiger partial charge in [0.25, 0.3) is 0 Å². The zero-order valence-electron chi connectivity index (χ0n) is 12.8. The molecule has 2 aromatic rings. The number of likely N-dealkylation sites (tertiary alicyclic amines) is 1. The Morgan fingerprint density at radius 3 is 2.48 bits per heavy atom. The number of pyridine rings is 1. The molecule has 3 rings (SSSR count). The van der Waals surface area contributed by atoms with Crippen molar-refractivity contribution in [1.29, 1.82) is 0 Å².